The Labute approximate surface area is 286 Å². The maximum absolute atomic E-state index is 10.7. The van der Waals surface area contributed by atoms with Crippen LogP contribution in [0.1, 0.15) is 51.8 Å². The van der Waals surface area contributed by atoms with E-state index in [-0.39, 0.29) is 40.1 Å². The second-order valence-corrected chi connectivity index (χ2v) is 9.80. The molecule has 0 aliphatic carbocycles. The second-order valence-electron chi connectivity index (χ2n) is 9.80. The molecular weight excluding hydrogens is 644 g/mol. The molecule has 6 aromatic carbocycles. The topological polar surface area (TPSA) is 207 Å². The van der Waals surface area contributed by atoms with Crippen molar-refractivity contribution in [1.82, 2.24) is 0 Å². The number of aldehydes is 5. The van der Waals surface area contributed by atoms with Crippen LogP contribution >= 0.6 is 0 Å². The Morgan fingerprint density at radius 3 is 1.48 bits per heavy atom. The first-order valence-electron chi connectivity index (χ1n) is 14.4. The summed E-state index contributed by atoms with van der Waals surface area (Å²) in [7, 11) is 0. The molecule has 0 spiro atoms. The van der Waals surface area contributed by atoms with Gasteiger partial charge in [0.2, 0.25) is 0 Å². The number of carbonyl (C=O) groups excluding carboxylic acids is 5. The average Bonchev–Trinajstić information content (AvgIpc) is 3.13. The van der Waals surface area contributed by atoms with E-state index in [1.165, 1.54) is 48.5 Å². The zero-order valence-electron chi connectivity index (χ0n) is 26.2. The summed E-state index contributed by atoms with van der Waals surface area (Å²) in [5, 5.41) is 55.2. The number of aromatic hydroxyl groups is 6. The van der Waals surface area contributed by atoms with Gasteiger partial charge in [0.1, 0.15) is 47.1 Å². The second kappa shape index (κ2) is 20.8. The molecule has 0 aromatic heterocycles. The summed E-state index contributed by atoms with van der Waals surface area (Å²) >= 11 is 0. The third kappa shape index (κ3) is 12.9. The molecule has 11 heteroatoms. The lowest BCUT2D eigenvalue weighted by Gasteiger charge is -2.01. The number of fused-ring (bicyclic) bond motifs is 1. The van der Waals surface area contributed by atoms with E-state index in [4.69, 9.17) is 25.5 Å². The average molecular weight is 677 g/mol. The van der Waals surface area contributed by atoms with Crippen LogP contribution in [-0.2, 0) is 0 Å². The lowest BCUT2D eigenvalue weighted by Crippen LogP contribution is -1.83. The first-order chi connectivity index (χ1) is 24.1. The predicted molar refractivity (Wildman–Crippen MR) is 187 cm³/mol. The van der Waals surface area contributed by atoms with E-state index < -0.39 is 0 Å². The molecule has 0 saturated carbocycles. The fourth-order valence-electron chi connectivity index (χ4n) is 3.78. The Bertz CT molecular complexity index is 2020. The van der Waals surface area contributed by atoms with Crippen molar-refractivity contribution in [2.24, 2.45) is 0 Å². The molecule has 0 atom stereocenters. The molecule has 11 nitrogen and oxygen atoms in total. The number of hydrogen-bond donors (Lipinski definition) is 6. The minimum Gasteiger partial charge on any atom is -0.508 e. The third-order valence-corrected chi connectivity index (χ3v) is 6.31. The maximum Gasteiger partial charge on any atom is 0.154 e. The quantitative estimate of drug-likeness (QED) is 0.104. The van der Waals surface area contributed by atoms with Crippen LogP contribution < -0.4 is 0 Å². The molecule has 0 unspecified atom stereocenters. The molecule has 0 aliphatic rings. The summed E-state index contributed by atoms with van der Waals surface area (Å²) in [6.07, 6.45) is 3.25. The minimum absolute atomic E-state index is 0.0347. The van der Waals surface area contributed by atoms with Crippen molar-refractivity contribution >= 4 is 42.2 Å². The maximum atomic E-state index is 10.7. The van der Waals surface area contributed by atoms with E-state index in [1.54, 1.807) is 48.5 Å². The van der Waals surface area contributed by atoms with E-state index in [9.17, 15) is 29.1 Å². The molecule has 6 rings (SSSR count). The monoisotopic (exact) mass is 676 g/mol. The van der Waals surface area contributed by atoms with Crippen LogP contribution in [0.2, 0.25) is 0 Å². The van der Waals surface area contributed by atoms with Gasteiger partial charge in [0, 0.05) is 17.2 Å². The van der Waals surface area contributed by atoms with E-state index >= 15 is 0 Å². The molecule has 0 aliphatic heterocycles. The van der Waals surface area contributed by atoms with E-state index in [2.05, 4.69) is 0 Å². The summed E-state index contributed by atoms with van der Waals surface area (Å²) in [4.78, 5) is 50.9. The van der Waals surface area contributed by atoms with Crippen molar-refractivity contribution in [2.75, 3.05) is 0 Å². The first-order valence-corrected chi connectivity index (χ1v) is 14.4. The third-order valence-electron chi connectivity index (χ3n) is 6.31. The van der Waals surface area contributed by atoms with Gasteiger partial charge in [0.15, 0.2) is 18.9 Å². The van der Waals surface area contributed by atoms with E-state index in [1.807, 2.05) is 24.3 Å². The van der Waals surface area contributed by atoms with E-state index in [0.717, 1.165) is 23.1 Å². The SMILES string of the molecule is O=Cc1c(O)ccc2ccccc12.O=Cc1ccc(O)cc1.O=Cc1ccc(O)cc1O.O=Cc1cccc(O)c1.O=Cc1ccccc1O. The molecule has 0 radical (unpaired) electrons. The number of phenols is 6. The highest BCUT2D eigenvalue weighted by molar-refractivity contribution is 6.00. The Balaban J connectivity index is 0.000000219. The van der Waals surface area contributed by atoms with Crippen molar-refractivity contribution < 1.29 is 54.6 Å². The van der Waals surface area contributed by atoms with Crippen LogP contribution in [0.25, 0.3) is 10.8 Å². The molecule has 6 aromatic rings. The molecule has 254 valence electrons. The zero-order valence-corrected chi connectivity index (χ0v) is 26.2. The summed E-state index contributed by atoms with van der Waals surface area (Å²) in [5.74, 6) is 0.125. The van der Waals surface area contributed by atoms with Gasteiger partial charge in [-0.1, -0.05) is 54.6 Å². The summed E-state index contributed by atoms with van der Waals surface area (Å²) in [6, 6.07) is 33.2. The molecule has 6 N–H and O–H groups in total. The predicted octanol–water partition coefficient (Wildman–Crippen LogP) is 6.88. The summed E-state index contributed by atoms with van der Waals surface area (Å²) in [6.45, 7) is 0. The smallest absolute Gasteiger partial charge is 0.154 e. The fourth-order valence-corrected chi connectivity index (χ4v) is 3.78. The van der Waals surface area contributed by atoms with Gasteiger partial charge < -0.3 is 30.6 Å². The molecule has 0 saturated heterocycles. The normalized spacial score (nSPS) is 9.28. The molecule has 50 heavy (non-hydrogen) atoms. The van der Waals surface area contributed by atoms with Crippen LogP contribution in [0.3, 0.4) is 0 Å². The van der Waals surface area contributed by atoms with Crippen molar-refractivity contribution in [1.29, 1.82) is 0 Å². The highest BCUT2D eigenvalue weighted by atomic mass is 16.3. The zero-order chi connectivity index (χ0) is 36.9. The van der Waals surface area contributed by atoms with Gasteiger partial charge in [-0.05, 0) is 77.5 Å². The van der Waals surface area contributed by atoms with Crippen LogP contribution in [0.4, 0.5) is 0 Å². The number of carbonyl (C=O) groups is 5. The van der Waals surface area contributed by atoms with Gasteiger partial charge in [-0.3, -0.25) is 24.0 Å². The van der Waals surface area contributed by atoms with Gasteiger partial charge in [-0.25, -0.2) is 0 Å². The summed E-state index contributed by atoms with van der Waals surface area (Å²) in [5.41, 5.74) is 1.94. The van der Waals surface area contributed by atoms with Crippen molar-refractivity contribution in [3.63, 3.8) is 0 Å². The van der Waals surface area contributed by atoms with Gasteiger partial charge >= 0.3 is 0 Å². The lowest BCUT2D eigenvalue weighted by molar-refractivity contribution is 0.111. The standard InChI is InChI=1S/C11H8O2.C7H6O3.3C7H6O2/c12-7-10-9-4-2-1-3-8(9)5-6-11(10)13;8-4-5-1-2-6(9)3-7(5)10;8-5-6-1-3-7(9)4-2-6;8-5-6-2-1-3-7(9)4-6;8-5-6-3-1-2-4-7(6)9/h1-7,13H;1-4,9-10H;3*1-5,9H. The lowest BCUT2D eigenvalue weighted by atomic mass is 10.0. The van der Waals surface area contributed by atoms with Crippen LogP contribution in [-0.4, -0.2) is 62.1 Å². The van der Waals surface area contributed by atoms with Crippen LogP contribution in [0.15, 0.2) is 127 Å². The van der Waals surface area contributed by atoms with E-state index in [0.29, 0.717) is 47.4 Å². The largest absolute Gasteiger partial charge is 0.508 e. The van der Waals surface area contributed by atoms with Gasteiger partial charge in [0.25, 0.3) is 0 Å². The molecule has 0 amide bonds. The Kier molecular flexibility index (Phi) is 16.2. The highest BCUT2D eigenvalue weighted by Crippen LogP contribution is 2.25. The van der Waals surface area contributed by atoms with Crippen LogP contribution in [0.5, 0.6) is 34.5 Å². The summed E-state index contributed by atoms with van der Waals surface area (Å²) < 4.78 is 0. The highest BCUT2D eigenvalue weighted by Gasteiger charge is 2.04. The minimum atomic E-state index is -0.199. The number of hydrogen-bond acceptors (Lipinski definition) is 11. The Morgan fingerprint density at radius 1 is 0.360 bits per heavy atom. The van der Waals surface area contributed by atoms with Gasteiger partial charge in [-0.15, -0.1) is 0 Å². The number of benzene rings is 6. The first kappa shape index (κ1) is 38.9. The molecular formula is C39H32O11. The van der Waals surface area contributed by atoms with Crippen molar-refractivity contribution in [2.45, 2.75) is 0 Å². The number of para-hydroxylation sites is 1. The number of phenolic OH excluding ortho intramolecular Hbond substituents is 6. The van der Waals surface area contributed by atoms with Gasteiger partial charge in [0.05, 0.1) is 16.7 Å². The van der Waals surface area contributed by atoms with Crippen molar-refractivity contribution in [3.05, 3.63) is 155 Å². The molecule has 0 bridgehead atoms. The fraction of sp³-hybridized carbons (Fsp3) is 0. The van der Waals surface area contributed by atoms with Gasteiger partial charge in [-0.2, -0.15) is 0 Å². The Hall–Kier alpha value is -7.27. The molecule has 0 heterocycles. The number of rotatable bonds is 5. The molecule has 0 fully saturated rings. The Morgan fingerprint density at radius 2 is 0.940 bits per heavy atom. The van der Waals surface area contributed by atoms with Crippen LogP contribution in [0, 0.1) is 0 Å². The van der Waals surface area contributed by atoms with Crippen molar-refractivity contribution in [3.8, 4) is 34.5 Å².